The Morgan fingerprint density at radius 3 is 2.95 bits per heavy atom. The largest absolute Gasteiger partial charge is 0.372 e. The zero-order chi connectivity index (χ0) is 16.1. The highest BCUT2D eigenvalue weighted by atomic mass is 35.5. The highest BCUT2D eigenvalue weighted by molar-refractivity contribution is 6.30. The van der Waals surface area contributed by atoms with Gasteiger partial charge in [0.1, 0.15) is 5.82 Å². The minimum Gasteiger partial charge on any atom is -0.372 e. The molecule has 1 heterocycles. The third-order valence-corrected chi connectivity index (χ3v) is 3.73. The molecule has 1 aliphatic heterocycles. The van der Waals surface area contributed by atoms with E-state index in [-0.39, 0.29) is 17.5 Å². The van der Waals surface area contributed by atoms with Crippen LogP contribution >= 0.6 is 11.6 Å². The number of carbonyl (C=O) groups excluding carboxylic acids is 1. The first kappa shape index (κ1) is 17.1. The van der Waals surface area contributed by atoms with Crippen molar-refractivity contribution in [3.05, 3.63) is 34.6 Å². The zero-order valence-electron chi connectivity index (χ0n) is 11.6. The maximum absolute atomic E-state index is 13.6. The maximum Gasteiger partial charge on any atom is 0.315 e. The second kappa shape index (κ2) is 7.80. The zero-order valence-corrected chi connectivity index (χ0v) is 12.4. The van der Waals surface area contributed by atoms with Crippen molar-refractivity contribution in [3.63, 3.8) is 0 Å². The first-order valence-electron chi connectivity index (χ1n) is 6.82. The van der Waals surface area contributed by atoms with E-state index in [2.05, 4.69) is 10.6 Å². The standard InChI is InChI=1S/C14H16ClF3N2O2/c15-10-2-1-8(5-11(10)16)12-9(6-19-3-4-22-12)7-20-14(21)13(17)18/h1-2,5,9,12-13,19H,3-4,6-7H2,(H,20,21)/t9-,12-/m0/s1. The van der Waals surface area contributed by atoms with Gasteiger partial charge in [-0.2, -0.15) is 8.78 Å². The van der Waals surface area contributed by atoms with E-state index in [4.69, 9.17) is 16.3 Å². The predicted octanol–water partition coefficient (Wildman–Crippen LogP) is 2.14. The lowest BCUT2D eigenvalue weighted by Gasteiger charge is -2.25. The monoisotopic (exact) mass is 336 g/mol. The molecule has 2 N–H and O–H groups in total. The van der Waals surface area contributed by atoms with Gasteiger partial charge in [-0.05, 0) is 17.7 Å². The Balaban J connectivity index is 2.13. The third-order valence-electron chi connectivity index (χ3n) is 3.42. The SMILES string of the molecule is O=C(NC[C@@H]1CNCCO[C@H]1c1ccc(Cl)c(F)c1)C(F)F. The Labute approximate surface area is 131 Å². The Morgan fingerprint density at radius 1 is 1.50 bits per heavy atom. The minimum atomic E-state index is -3.06. The van der Waals surface area contributed by atoms with E-state index in [9.17, 15) is 18.0 Å². The van der Waals surface area contributed by atoms with Crippen LogP contribution in [0.4, 0.5) is 13.2 Å². The van der Waals surface area contributed by atoms with Gasteiger partial charge in [-0.15, -0.1) is 0 Å². The van der Waals surface area contributed by atoms with Crippen LogP contribution in [0, 0.1) is 11.7 Å². The molecule has 1 saturated heterocycles. The summed E-state index contributed by atoms with van der Waals surface area (Å²) in [7, 11) is 0. The van der Waals surface area contributed by atoms with Gasteiger partial charge in [0.05, 0.1) is 17.7 Å². The Bertz CT molecular complexity index is 531. The summed E-state index contributed by atoms with van der Waals surface area (Å²) in [4.78, 5) is 11.0. The van der Waals surface area contributed by atoms with Gasteiger partial charge < -0.3 is 15.4 Å². The summed E-state index contributed by atoms with van der Waals surface area (Å²) in [5.41, 5.74) is 0.557. The first-order chi connectivity index (χ1) is 10.5. The Morgan fingerprint density at radius 2 is 2.27 bits per heavy atom. The number of alkyl halides is 2. The fraction of sp³-hybridized carbons (Fsp3) is 0.500. The second-order valence-corrected chi connectivity index (χ2v) is 5.38. The molecule has 8 heteroatoms. The smallest absolute Gasteiger partial charge is 0.315 e. The van der Waals surface area contributed by atoms with E-state index in [0.29, 0.717) is 25.3 Å². The molecular weight excluding hydrogens is 321 g/mol. The minimum absolute atomic E-state index is 0.00181. The number of amides is 1. The van der Waals surface area contributed by atoms with Crippen LogP contribution < -0.4 is 10.6 Å². The third kappa shape index (κ3) is 4.34. The van der Waals surface area contributed by atoms with E-state index in [1.54, 1.807) is 6.07 Å². The summed E-state index contributed by atoms with van der Waals surface area (Å²) in [6.07, 6.45) is -3.58. The van der Waals surface area contributed by atoms with Crippen LogP contribution in [-0.2, 0) is 9.53 Å². The average Bonchev–Trinajstić information content (AvgIpc) is 2.73. The van der Waals surface area contributed by atoms with Crippen LogP contribution in [0.2, 0.25) is 5.02 Å². The number of carbonyl (C=O) groups is 1. The summed E-state index contributed by atoms with van der Waals surface area (Å²) < 4.78 is 43.8. The molecule has 1 aromatic rings. The lowest BCUT2D eigenvalue weighted by atomic mass is 9.95. The van der Waals surface area contributed by atoms with Crippen molar-refractivity contribution in [1.29, 1.82) is 0 Å². The molecule has 1 amide bonds. The Kier molecular flexibility index (Phi) is 6.05. The molecule has 0 aliphatic carbocycles. The first-order valence-corrected chi connectivity index (χ1v) is 7.20. The average molecular weight is 337 g/mol. The predicted molar refractivity (Wildman–Crippen MR) is 75.5 cm³/mol. The molecule has 2 atom stereocenters. The van der Waals surface area contributed by atoms with Crippen LogP contribution in [0.25, 0.3) is 0 Å². The second-order valence-electron chi connectivity index (χ2n) is 4.97. The normalized spacial score (nSPS) is 22.4. The molecule has 22 heavy (non-hydrogen) atoms. The van der Waals surface area contributed by atoms with Gasteiger partial charge >= 0.3 is 6.43 Å². The highest BCUT2D eigenvalue weighted by Crippen LogP contribution is 2.29. The number of nitrogens with one attached hydrogen (secondary N) is 2. The number of halogens is 4. The Hall–Kier alpha value is -1.31. The van der Waals surface area contributed by atoms with Crippen molar-refractivity contribution >= 4 is 17.5 Å². The van der Waals surface area contributed by atoms with Gasteiger partial charge in [-0.25, -0.2) is 4.39 Å². The summed E-state index contributed by atoms with van der Waals surface area (Å²) in [5, 5.41) is 5.27. The molecule has 1 aliphatic rings. The van der Waals surface area contributed by atoms with Crippen molar-refractivity contribution in [2.24, 2.45) is 5.92 Å². The van der Waals surface area contributed by atoms with E-state index in [0.717, 1.165) is 0 Å². The van der Waals surface area contributed by atoms with Gasteiger partial charge in [0, 0.05) is 25.6 Å². The maximum atomic E-state index is 13.6. The van der Waals surface area contributed by atoms with E-state index < -0.39 is 24.3 Å². The van der Waals surface area contributed by atoms with Crippen molar-refractivity contribution in [3.8, 4) is 0 Å². The molecular formula is C14H16ClF3N2O2. The lowest BCUT2D eigenvalue weighted by molar-refractivity contribution is -0.132. The van der Waals surface area contributed by atoms with Crippen molar-refractivity contribution < 1.29 is 22.7 Å². The molecule has 1 aromatic carbocycles. The number of ether oxygens (including phenoxy) is 1. The number of hydrogen-bond donors (Lipinski definition) is 2. The van der Waals surface area contributed by atoms with Gasteiger partial charge in [0.25, 0.3) is 5.91 Å². The van der Waals surface area contributed by atoms with E-state index in [1.165, 1.54) is 12.1 Å². The molecule has 0 unspecified atom stereocenters. The molecule has 4 nitrogen and oxygen atoms in total. The van der Waals surface area contributed by atoms with Crippen LogP contribution in [0.3, 0.4) is 0 Å². The van der Waals surface area contributed by atoms with Crippen molar-refractivity contribution in [1.82, 2.24) is 10.6 Å². The molecule has 0 radical (unpaired) electrons. The van der Waals surface area contributed by atoms with Gasteiger partial charge in [-0.1, -0.05) is 17.7 Å². The van der Waals surface area contributed by atoms with Crippen molar-refractivity contribution in [2.45, 2.75) is 12.5 Å². The van der Waals surface area contributed by atoms with E-state index >= 15 is 0 Å². The molecule has 0 spiro atoms. The molecule has 1 fully saturated rings. The molecule has 0 bridgehead atoms. The lowest BCUT2D eigenvalue weighted by Crippen LogP contribution is -2.38. The van der Waals surface area contributed by atoms with Crippen LogP contribution in [-0.4, -0.2) is 38.6 Å². The van der Waals surface area contributed by atoms with Gasteiger partial charge in [0.2, 0.25) is 0 Å². The molecule has 2 rings (SSSR count). The van der Waals surface area contributed by atoms with Crippen LogP contribution in [0.5, 0.6) is 0 Å². The quantitative estimate of drug-likeness (QED) is 0.885. The highest BCUT2D eigenvalue weighted by Gasteiger charge is 2.28. The fourth-order valence-corrected chi connectivity index (χ4v) is 2.45. The van der Waals surface area contributed by atoms with Crippen molar-refractivity contribution in [2.75, 3.05) is 26.2 Å². The van der Waals surface area contributed by atoms with Crippen LogP contribution in [0.1, 0.15) is 11.7 Å². The summed E-state index contributed by atoms with van der Waals surface area (Å²) in [6, 6.07) is 4.31. The van der Waals surface area contributed by atoms with Gasteiger partial charge in [0.15, 0.2) is 0 Å². The van der Waals surface area contributed by atoms with Gasteiger partial charge in [-0.3, -0.25) is 4.79 Å². The number of rotatable bonds is 4. The molecule has 0 saturated carbocycles. The van der Waals surface area contributed by atoms with Crippen LogP contribution in [0.15, 0.2) is 18.2 Å². The summed E-state index contributed by atoms with van der Waals surface area (Å²) >= 11 is 5.66. The van der Waals surface area contributed by atoms with E-state index in [1.807, 2.05) is 0 Å². The summed E-state index contributed by atoms with van der Waals surface area (Å²) in [6.45, 7) is 1.45. The molecule has 122 valence electrons. The fourth-order valence-electron chi connectivity index (χ4n) is 2.33. The molecule has 0 aromatic heterocycles. The number of benzene rings is 1. The number of hydrogen-bond acceptors (Lipinski definition) is 3. The topological polar surface area (TPSA) is 50.4 Å². The summed E-state index contributed by atoms with van der Waals surface area (Å²) in [5.74, 6) is -2.20.